The number of nitrogens with zero attached hydrogens (tertiary/aromatic N) is 6. The van der Waals surface area contributed by atoms with Crippen molar-refractivity contribution in [2.75, 3.05) is 0 Å². The number of nitriles is 6. The van der Waals surface area contributed by atoms with Crippen LogP contribution in [0.3, 0.4) is 0 Å². The molecule has 106 valence electrons. The Morgan fingerprint density at radius 1 is 0.720 bits per heavy atom. The summed E-state index contributed by atoms with van der Waals surface area (Å²) in [6.45, 7) is 1.20. The smallest absolute Gasteiger partial charge is 1.00 e. The van der Waals surface area contributed by atoms with Crippen LogP contribution in [0.15, 0.2) is 0 Å². The monoisotopic (exact) mass is 428 g/mol. The van der Waals surface area contributed by atoms with Gasteiger partial charge in [-0.25, -0.2) is 0 Å². The van der Waals surface area contributed by atoms with E-state index in [1.165, 1.54) is 6.92 Å². The second-order valence-electron chi connectivity index (χ2n) is 3.05. The van der Waals surface area contributed by atoms with Gasteiger partial charge >= 0.3 is 220 Å². The summed E-state index contributed by atoms with van der Waals surface area (Å²) in [5, 5.41) is 61.0. The van der Waals surface area contributed by atoms with Crippen molar-refractivity contribution in [1.29, 1.82) is 31.6 Å². The molecule has 0 amide bonds. The SMILES string of the molecule is CC(=O)CC(=O)[O-].N#[C][Fe-4]([C]#N)([C]#N)([C]#N)([C]#N)[C]#N.[Na+].[Na+].[Na+].[Na+].[Na+]. The van der Waals surface area contributed by atoms with E-state index in [0.717, 1.165) is 29.8 Å². The van der Waals surface area contributed by atoms with Gasteiger partial charge in [0.15, 0.2) is 0 Å². The number of rotatable bonds is 2. The summed E-state index contributed by atoms with van der Waals surface area (Å²) >= 11 is 0. The van der Waals surface area contributed by atoms with Crippen molar-refractivity contribution in [2.45, 2.75) is 13.3 Å². The van der Waals surface area contributed by atoms with Crippen molar-refractivity contribution in [2.24, 2.45) is 0 Å². The van der Waals surface area contributed by atoms with E-state index in [1.807, 2.05) is 0 Å². The van der Waals surface area contributed by atoms with Crippen LogP contribution in [-0.4, -0.2) is 11.8 Å². The zero-order valence-electron chi connectivity index (χ0n) is 15.0. The molecule has 0 aromatic rings. The summed E-state index contributed by atoms with van der Waals surface area (Å²) in [4.78, 5) is 25.5. The first kappa shape index (κ1) is 45.4. The fraction of sp³-hybridized carbons (Fsp3) is 0.200. The molecule has 0 N–H and O–H groups in total. The zero-order valence-corrected chi connectivity index (χ0v) is 26.1. The molecule has 0 aromatic carbocycles. The first-order chi connectivity index (χ1) is 9.10. The third-order valence-electron chi connectivity index (χ3n) is 1.58. The van der Waals surface area contributed by atoms with E-state index in [2.05, 4.69) is 0 Å². The van der Waals surface area contributed by atoms with E-state index in [-0.39, 0.29) is 154 Å². The predicted molar refractivity (Wildman–Crippen MR) is 54.0 cm³/mol. The minimum absolute atomic E-state index is 0. The van der Waals surface area contributed by atoms with Gasteiger partial charge in [0, 0.05) is 12.4 Å². The summed E-state index contributed by atoms with van der Waals surface area (Å²) in [7, 11) is -6.17. The summed E-state index contributed by atoms with van der Waals surface area (Å²) < 4.78 is 0. The first-order valence-corrected chi connectivity index (χ1v) is 7.53. The van der Waals surface area contributed by atoms with Gasteiger partial charge in [0.05, 0.1) is 0 Å². The Bertz CT molecular complexity index is 590. The van der Waals surface area contributed by atoms with Crippen LogP contribution in [0.4, 0.5) is 0 Å². The van der Waals surface area contributed by atoms with Gasteiger partial charge in [0.1, 0.15) is 5.78 Å². The van der Waals surface area contributed by atoms with Crippen LogP contribution in [0.1, 0.15) is 13.3 Å². The van der Waals surface area contributed by atoms with E-state index in [0.29, 0.717) is 0 Å². The molecular formula is C10H5FeN6Na5O3. The third-order valence-corrected chi connectivity index (χ3v) is 5.28. The first-order valence-electron chi connectivity index (χ1n) is 4.22. The Morgan fingerprint density at radius 3 is 0.920 bits per heavy atom. The summed E-state index contributed by atoms with van der Waals surface area (Å²) in [6, 6.07) is 0. The average Bonchev–Trinajstić information content (AvgIpc) is 2.44. The van der Waals surface area contributed by atoms with Crippen molar-refractivity contribution < 1.29 is 173 Å². The maximum Gasteiger partial charge on any atom is 1.00 e. The second-order valence-corrected chi connectivity index (χ2v) is 8.67. The maximum atomic E-state index is 9.83. The molecule has 0 fully saturated rings. The normalized spacial score (nSPS) is 9.24. The third kappa shape index (κ3) is 11.2. The van der Waals surface area contributed by atoms with Crippen LogP contribution in [0.25, 0.3) is 0 Å². The van der Waals surface area contributed by atoms with E-state index in [4.69, 9.17) is 31.6 Å². The predicted octanol–water partition coefficient (Wildman–Crippen LogP) is -16.2. The molecule has 0 bridgehead atoms. The van der Waals surface area contributed by atoms with Gasteiger partial charge in [-0.2, -0.15) is 0 Å². The number of carbonyl (C=O) groups is 2. The fourth-order valence-electron chi connectivity index (χ4n) is 0.468. The number of carboxylic acid groups (broad SMARTS) is 1. The van der Waals surface area contributed by atoms with E-state index in [1.54, 1.807) is 0 Å². The molecule has 0 aliphatic carbocycles. The zero-order chi connectivity index (χ0) is 16.5. The van der Waals surface area contributed by atoms with Crippen LogP contribution in [0.5, 0.6) is 0 Å². The standard InChI is InChI=1S/C4H6O3.6CN.Fe.5Na/c1-3(5)2-4(6)7;6*1-2;;;;;;/h2H2,1H3,(H,6,7);;;;;;;;;;;;/q;;;;;;;-4;5*+1/p-1. The van der Waals surface area contributed by atoms with Crippen LogP contribution >= 0.6 is 0 Å². The van der Waals surface area contributed by atoms with Crippen LogP contribution in [0.2, 0.25) is 0 Å². The number of carbonyl (C=O) groups excluding carboxylic acids is 2. The van der Waals surface area contributed by atoms with Crippen LogP contribution < -0.4 is 153 Å². The minimum Gasteiger partial charge on any atom is 1.00 e. The molecule has 0 heterocycles. The van der Waals surface area contributed by atoms with Crippen molar-refractivity contribution in [1.82, 2.24) is 0 Å². The number of carboxylic acids is 1. The molecule has 0 unspecified atom stereocenters. The van der Waals surface area contributed by atoms with Gasteiger partial charge in [0.2, 0.25) is 0 Å². The largest absolute Gasteiger partial charge is 1.00 e. The number of hydrogen-bond acceptors (Lipinski definition) is 9. The Kier molecular flexibility index (Phi) is 32.1. The molecule has 25 heavy (non-hydrogen) atoms. The van der Waals surface area contributed by atoms with E-state index in [9.17, 15) is 14.7 Å². The van der Waals surface area contributed by atoms with Gasteiger partial charge in [-0.15, -0.1) is 0 Å². The molecule has 0 atom stereocenters. The summed E-state index contributed by atoms with van der Waals surface area (Å²) in [5.41, 5.74) is 0. The molecule has 0 spiro atoms. The summed E-state index contributed by atoms with van der Waals surface area (Å²) in [5.74, 6) is -1.69. The van der Waals surface area contributed by atoms with Crippen molar-refractivity contribution in [3.05, 3.63) is 0 Å². The van der Waals surface area contributed by atoms with Gasteiger partial charge in [-0.05, 0) is 6.92 Å². The topological polar surface area (TPSA) is 200 Å². The second kappa shape index (κ2) is 17.7. The van der Waals surface area contributed by atoms with Crippen molar-refractivity contribution in [3.63, 3.8) is 0 Å². The fourth-order valence-corrected chi connectivity index (χ4v) is 1.30. The number of ketones is 1. The van der Waals surface area contributed by atoms with Crippen molar-refractivity contribution in [3.8, 4) is 29.8 Å². The van der Waals surface area contributed by atoms with Gasteiger partial charge in [-0.1, -0.05) is 0 Å². The van der Waals surface area contributed by atoms with Crippen LogP contribution in [0, 0.1) is 61.4 Å². The number of Topliss-reactive ketones (excluding diaryl/α,β-unsaturated/α-hetero) is 1. The van der Waals surface area contributed by atoms with E-state index >= 15 is 0 Å². The Morgan fingerprint density at radius 2 is 0.920 bits per heavy atom. The maximum absolute atomic E-state index is 9.83. The number of hydrogen-bond donors (Lipinski definition) is 0. The van der Waals surface area contributed by atoms with Crippen LogP contribution in [-0.2, 0) is 20.3 Å². The van der Waals surface area contributed by atoms with Gasteiger partial charge in [-0.3, -0.25) is 4.79 Å². The number of aliphatic carboxylic acids is 1. The molecule has 0 saturated heterocycles. The Hall–Kier alpha value is 1.60. The summed E-state index contributed by atoms with van der Waals surface area (Å²) in [6.07, 6.45) is -0.472. The average molecular weight is 428 g/mol. The van der Waals surface area contributed by atoms with Gasteiger partial charge < -0.3 is 9.90 Å². The minimum atomic E-state index is -6.17. The molecule has 0 radical (unpaired) electrons. The Balaban J connectivity index is -0.0000000480. The van der Waals surface area contributed by atoms with E-state index < -0.39 is 23.1 Å². The molecular weight excluding hydrogens is 423 g/mol. The van der Waals surface area contributed by atoms with Crippen molar-refractivity contribution >= 4 is 11.8 Å². The Labute approximate surface area is 254 Å². The molecule has 0 saturated carbocycles. The molecule has 9 nitrogen and oxygen atoms in total. The molecule has 15 heteroatoms. The molecule has 0 aliphatic heterocycles. The molecule has 0 aromatic heterocycles. The van der Waals surface area contributed by atoms with Gasteiger partial charge in [0.25, 0.3) is 0 Å². The molecule has 0 aliphatic rings. The molecule has 0 rings (SSSR count). The quantitative estimate of drug-likeness (QED) is 0.303.